The number of nitrogens with one attached hydrogen (secondary N) is 1. The lowest BCUT2D eigenvalue weighted by Crippen LogP contribution is -2.34. The summed E-state index contributed by atoms with van der Waals surface area (Å²) in [6, 6.07) is 3.56. The average Bonchev–Trinajstić information content (AvgIpc) is 2.84. The van der Waals surface area contributed by atoms with Gasteiger partial charge in [-0.3, -0.25) is 4.98 Å². The molecule has 0 spiro atoms. The van der Waals surface area contributed by atoms with Gasteiger partial charge in [-0.15, -0.1) is 0 Å². The van der Waals surface area contributed by atoms with E-state index in [2.05, 4.69) is 15.5 Å². The van der Waals surface area contributed by atoms with E-state index in [1.165, 1.54) is 0 Å². The van der Waals surface area contributed by atoms with Crippen molar-refractivity contribution in [3.05, 3.63) is 29.5 Å². The lowest BCUT2D eigenvalue weighted by atomic mass is 10.2. The van der Waals surface area contributed by atoms with Gasteiger partial charge in [0, 0.05) is 18.0 Å². The second-order valence-electron chi connectivity index (χ2n) is 5.65. The number of amides is 1. The van der Waals surface area contributed by atoms with Gasteiger partial charge in [-0.25, -0.2) is 4.79 Å². The second kappa shape index (κ2) is 7.32. The highest BCUT2D eigenvalue weighted by Gasteiger charge is 2.18. The van der Waals surface area contributed by atoms with Crippen molar-refractivity contribution in [2.75, 3.05) is 13.2 Å². The zero-order valence-corrected chi connectivity index (χ0v) is 13.9. The Hall–Kier alpha value is -2.28. The van der Waals surface area contributed by atoms with Crippen molar-refractivity contribution in [2.24, 2.45) is 0 Å². The fourth-order valence-corrected chi connectivity index (χ4v) is 1.88. The molecule has 8 heteroatoms. The van der Waals surface area contributed by atoms with E-state index in [-0.39, 0.29) is 24.1 Å². The smallest absolute Gasteiger partial charge is 0.407 e. The second-order valence-corrected chi connectivity index (χ2v) is 6.03. The van der Waals surface area contributed by atoms with Crippen LogP contribution in [0.25, 0.3) is 11.3 Å². The van der Waals surface area contributed by atoms with Crippen molar-refractivity contribution in [2.45, 2.75) is 26.4 Å². The number of hydrogen-bond acceptors (Lipinski definition) is 6. The van der Waals surface area contributed by atoms with Gasteiger partial charge in [0.25, 0.3) is 5.88 Å². The summed E-state index contributed by atoms with van der Waals surface area (Å²) in [5, 5.41) is 6.60. The van der Waals surface area contributed by atoms with E-state index in [1.54, 1.807) is 45.3 Å². The van der Waals surface area contributed by atoms with Gasteiger partial charge in [0.2, 0.25) is 0 Å². The molecule has 2 aromatic heterocycles. The molecular formula is C15H18ClN3O4. The average molecular weight is 340 g/mol. The minimum Gasteiger partial charge on any atom is -0.473 e. The van der Waals surface area contributed by atoms with E-state index in [0.29, 0.717) is 11.3 Å². The molecule has 0 aliphatic heterocycles. The van der Waals surface area contributed by atoms with Crippen molar-refractivity contribution in [1.82, 2.24) is 15.5 Å². The molecule has 0 aliphatic carbocycles. The SMILES string of the molecule is CC(C)(C)OC(=O)NCCOc1noc(-c2cccnc2)c1Cl. The number of ether oxygens (including phenoxy) is 2. The van der Waals surface area contributed by atoms with Gasteiger partial charge in [0.1, 0.15) is 12.2 Å². The Kier molecular flexibility index (Phi) is 5.44. The highest BCUT2D eigenvalue weighted by atomic mass is 35.5. The monoisotopic (exact) mass is 339 g/mol. The quantitative estimate of drug-likeness (QED) is 0.841. The fraction of sp³-hybridized carbons (Fsp3) is 0.400. The standard InChI is InChI=1S/C15H18ClN3O4/c1-15(2,3)22-14(20)18-7-8-21-13-11(16)12(23-19-13)10-5-4-6-17-9-10/h4-6,9H,7-8H2,1-3H3,(H,18,20). The summed E-state index contributed by atoms with van der Waals surface area (Å²) >= 11 is 6.17. The number of aromatic nitrogens is 2. The Labute approximate surface area is 138 Å². The Morgan fingerprint density at radius 3 is 2.87 bits per heavy atom. The minimum atomic E-state index is -0.543. The van der Waals surface area contributed by atoms with Gasteiger partial charge in [0.15, 0.2) is 10.8 Å². The Morgan fingerprint density at radius 2 is 2.22 bits per heavy atom. The number of alkyl carbamates (subject to hydrolysis) is 1. The molecular weight excluding hydrogens is 322 g/mol. The highest BCUT2D eigenvalue weighted by Crippen LogP contribution is 2.34. The van der Waals surface area contributed by atoms with Crippen LogP contribution in [0, 0.1) is 0 Å². The number of carbonyl (C=O) groups is 1. The van der Waals surface area contributed by atoms with Crippen LogP contribution in [0.15, 0.2) is 29.0 Å². The number of carbonyl (C=O) groups excluding carboxylic acids is 1. The summed E-state index contributed by atoms with van der Waals surface area (Å²) in [5.74, 6) is 0.548. The van der Waals surface area contributed by atoms with Crippen LogP contribution < -0.4 is 10.1 Å². The topological polar surface area (TPSA) is 86.5 Å². The predicted molar refractivity (Wildman–Crippen MR) is 84.5 cm³/mol. The fourth-order valence-electron chi connectivity index (χ4n) is 1.65. The summed E-state index contributed by atoms with van der Waals surface area (Å²) < 4.78 is 15.7. The molecule has 2 heterocycles. The molecule has 0 aromatic carbocycles. The highest BCUT2D eigenvalue weighted by molar-refractivity contribution is 6.34. The molecule has 1 N–H and O–H groups in total. The summed E-state index contributed by atoms with van der Waals surface area (Å²) in [6.45, 7) is 5.80. The number of hydrogen-bond donors (Lipinski definition) is 1. The molecule has 0 radical (unpaired) electrons. The first-order valence-electron chi connectivity index (χ1n) is 7.02. The van der Waals surface area contributed by atoms with Gasteiger partial charge in [0.05, 0.1) is 6.54 Å². The van der Waals surface area contributed by atoms with Gasteiger partial charge in [-0.05, 0) is 38.1 Å². The van der Waals surface area contributed by atoms with Crippen molar-refractivity contribution in [3.8, 4) is 17.2 Å². The summed E-state index contributed by atoms with van der Waals surface area (Å²) in [5.41, 5.74) is 0.158. The summed E-state index contributed by atoms with van der Waals surface area (Å²) in [6.07, 6.45) is 2.75. The van der Waals surface area contributed by atoms with Crippen molar-refractivity contribution < 1.29 is 18.8 Å². The van der Waals surface area contributed by atoms with Crippen LogP contribution in [-0.2, 0) is 4.74 Å². The Balaban J connectivity index is 1.83. The third-order valence-electron chi connectivity index (χ3n) is 2.54. The molecule has 1 amide bonds. The Morgan fingerprint density at radius 1 is 1.43 bits per heavy atom. The van der Waals surface area contributed by atoms with Crippen molar-refractivity contribution in [3.63, 3.8) is 0 Å². The molecule has 0 saturated heterocycles. The Bertz CT molecular complexity index is 652. The predicted octanol–water partition coefficient (Wildman–Crippen LogP) is 3.29. The normalized spacial score (nSPS) is 11.1. The van der Waals surface area contributed by atoms with Crippen LogP contribution in [-0.4, -0.2) is 35.0 Å². The molecule has 2 rings (SSSR count). The van der Waals surface area contributed by atoms with E-state index in [4.69, 9.17) is 25.6 Å². The number of halogens is 1. The van der Waals surface area contributed by atoms with E-state index < -0.39 is 11.7 Å². The van der Waals surface area contributed by atoms with Gasteiger partial charge in [-0.2, -0.15) is 0 Å². The first-order valence-corrected chi connectivity index (χ1v) is 7.40. The molecule has 0 atom stereocenters. The van der Waals surface area contributed by atoms with E-state index in [9.17, 15) is 4.79 Å². The van der Waals surface area contributed by atoms with Gasteiger partial charge < -0.3 is 19.3 Å². The number of pyridine rings is 1. The molecule has 0 saturated carbocycles. The maximum atomic E-state index is 11.5. The van der Waals surface area contributed by atoms with Crippen LogP contribution >= 0.6 is 11.6 Å². The summed E-state index contributed by atoms with van der Waals surface area (Å²) in [7, 11) is 0. The molecule has 0 aliphatic rings. The van der Waals surface area contributed by atoms with Crippen LogP contribution in [0.2, 0.25) is 5.02 Å². The zero-order valence-electron chi connectivity index (χ0n) is 13.1. The molecule has 0 bridgehead atoms. The van der Waals surface area contributed by atoms with Crippen LogP contribution in [0.1, 0.15) is 20.8 Å². The third kappa shape index (κ3) is 5.14. The third-order valence-corrected chi connectivity index (χ3v) is 2.87. The largest absolute Gasteiger partial charge is 0.473 e. The van der Waals surface area contributed by atoms with E-state index >= 15 is 0 Å². The van der Waals surface area contributed by atoms with E-state index in [0.717, 1.165) is 0 Å². The minimum absolute atomic E-state index is 0.163. The molecule has 23 heavy (non-hydrogen) atoms. The van der Waals surface area contributed by atoms with Gasteiger partial charge in [-0.1, -0.05) is 11.6 Å². The van der Waals surface area contributed by atoms with Crippen LogP contribution in [0.4, 0.5) is 4.79 Å². The first-order chi connectivity index (χ1) is 10.9. The molecule has 0 fully saturated rings. The van der Waals surface area contributed by atoms with Crippen molar-refractivity contribution >= 4 is 17.7 Å². The zero-order chi connectivity index (χ0) is 16.9. The maximum Gasteiger partial charge on any atom is 0.407 e. The lowest BCUT2D eigenvalue weighted by molar-refractivity contribution is 0.0519. The first kappa shape index (κ1) is 17.1. The van der Waals surface area contributed by atoms with Crippen LogP contribution in [0.5, 0.6) is 5.88 Å². The molecule has 0 unspecified atom stereocenters. The van der Waals surface area contributed by atoms with E-state index in [1.807, 2.05) is 0 Å². The summed E-state index contributed by atoms with van der Waals surface area (Å²) in [4.78, 5) is 15.5. The number of nitrogens with zero attached hydrogens (tertiary/aromatic N) is 2. The maximum absolute atomic E-state index is 11.5. The van der Waals surface area contributed by atoms with Crippen LogP contribution in [0.3, 0.4) is 0 Å². The number of rotatable bonds is 5. The van der Waals surface area contributed by atoms with Gasteiger partial charge >= 0.3 is 6.09 Å². The molecule has 124 valence electrons. The molecule has 7 nitrogen and oxygen atoms in total. The lowest BCUT2D eigenvalue weighted by Gasteiger charge is -2.19. The van der Waals surface area contributed by atoms with Crippen molar-refractivity contribution in [1.29, 1.82) is 0 Å². The molecule has 2 aromatic rings.